The van der Waals surface area contributed by atoms with E-state index in [0.717, 1.165) is 31.0 Å². The zero-order valence-corrected chi connectivity index (χ0v) is 12.3. The van der Waals surface area contributed by atoms with Crippen LogP contribution in [0.1, 0.15) is 30.1 Å². The summed E-state index contributed by atoms with van der Waals surface area (Å²) in [6.45, 7) is 3.12. The molecule has 0 spiro atoms. The molecule has 7 heteroatoms. The van der Waals surface area contributed by atoms with E-state index in [9.17, 15) is 0 Å². The molecule has 1 atom stereocenters. The monoisotopic (exact) mass is 281 g/mol. The van der Waals surface area contributed by atoms with E-state index in [1.54, 1.807) is 25.5 Å². The molecule has 0 bridgehead atoms. The number of thiophene rings is 1. The van der Waals surface area contributed by atoms with Crippen LogP contribution in [0.15, 0.2) is 11.4 Å². The molecular formula is C12H19N5OS. The summed E-state index contributed by atoms with van der Waals surface area (Å²) >= 11 is 1.69. The van der Waals surface area contributed by atoms with Crippen LogP contribution in [-0.2, 0) is 13.5 Å². The molecule has 0 saturated heterocycles. The van der Waals surface area contributed by atoms with Crippen LogP contribution in [0.4, 0.5) is 0 Å². The van der Waals surface area contributed by atoms with Crippen molar-refractivity contribution in [3.8, 4) is 5.75 Å². The molecule has 6 nitrogen and oxygen atoms in total. The van der Waals surface area contributed by atoms with E-state index in [1.807, 2.05) is 5.38 Å². The van der Waals surface area contributed by atoms with Gasteiger partial charge in [0.1, 0.15) is 5.75 Å². The second-order valence-electron chi connectivity index (χ2n) is 4.29. The SMILES string of the molecule is CCCNC(Cc1nnn(C)n1)c1cc(OC)cs1. The van der Waals surface area contributed by atoms with Crippen molar-refractivity contribution in [1.82, 2.24) is 25.5 Å². The topological polar surface area (TPSA) is 64.9 Å². The Morgan fingerprint density at radius 2 is 2.37 bits per heavy atom. The maximum atomic E-state index is 5.24. The van der Waals surface area contributed by atoms with Crippen molar-refractivity contribution < 1.29 is 4.74 Å². The van der Waals surface area contributed by atoms with Gasteiger partial charge in [-0.3, -0.25) is 0 Å². The van der Waals surface area contributed by atoms with Gasteiger partial charge in [-0.25, -0.2) is 0 Å². The maximum Gasteiger partial charge on any atom is 0.176 e. The number of nitrogens with one attached hydrogen (secondary N) is 1. The molecule has 104 valence electrons. The third-order valence-electron chi connectivity index (χ3n) is 2.75. The summed E-state index contributed by atoms with van der Waals surface area (Å²) in [7, 11) is 3.46. The van der Waals surface area contributed by atoms with Crippen LogP contribution >= 0.6 is 11.3 Å². The molecule has 1 N–H and O–H groups in total. The number of nitrogens with zero attached hydrogens (tertiary/aromatic N) is 4. The zero-order valence-electron chi connectivity index (χ0n) is 11.5. The fourth-order valence-electron chi connectivity index (χ4n) is 1.80. The highest BCUT2D eigenvalue weighted by molar-refractivity contribution is 7.10. The van der Waals surface area contributed by atoms with Gasteiger partial charge in [0.25, 0.3) is 0 Å². The lowest BCUT2D eigenvalue weighted by Crippen LogP contribution is -2.23. The van der Waals surface area contributed by atoms with Gasteiger partial charge in [-0.05, 0) is 24.2 Å². The van der Waals surface area contributed by atoms with Crippen molar-refractivity contribution in [2.45, 2.75) is 25.8 Å². The average molecular weight is 281 g/mol. The summed E-state index contributed by atoms with van der Waals surface area (Å²) in [5, 5.41) is 17.7. The maximum absolute atomic E-state index is 5.24. The van der Waals surface area contributed by atoms with E-state index >= 15 is 0 Å². The van der Waals surface area contributed by atoms with Crippen LogP contribution in [0.25, 0.3) is 0 Å². The molecule has 19 heavy (non-hydrogen) atoms. The molecule has 2 aromatic rings. The lowest BCUT2D eigenvalue weighted by Gasteiger charge is -2.14. The number of aryl methyl sites for hydroxylation is 1. The third-order valence-corrected chi connectivity index (χ3v) is 3.78. The predicted octanol–water partition coefficient (Wildman–Crippen LogP) is 1.56. The average Bonchev–Trinajstić information content (AvgIpc) is 3.03. The van der Waals surface area contributed by atoms with E-state index < -0.39 is 0 Å². The van der Waals surface area contributed by atoms with Crippen LogP contribution in [0.3, 0.4) is 0 Å². The minimum absolute atomic E-state index is 0.207. The highest BCUT2D eigenvalue weighted by Crippen LogP contribution is 2.28. The number of methoxy groups -OCH3 is 1. The lowest BCUT2D eigenvalue weighted by atomic mass is 10.1. The molecule has 0 aliphatic carbocycles. The van der Waals surface area contributed by atoms with Gasteiger partial charge in [-0.2, -0.15) is 4.80 Å². The molecule has 2 heterocycles. The number of aromatic nitrogens is 4. The standard InChI is InChI=1S/C12H19N5OS/c1-4-5-13-10(7-12-14-16-17(2)15-12)11-6-9(18-3)8-19-11/h6,8,10,13H,4-5,7H2,1-3H3. The van der Waals surface area contributed by atoms with E-state index in [1.165, 1.54) is 9.67 Å². The van der Waals surface area contributed by atoms with Gasteiger partial charge < -0.3 is 10.1 Å². The van der Waals surface area contributed by atoms with Gasteiger partial charge in [0, 0.05) is 22.7 Å². The minimum Gasteiger partial charge on any atom is -0.496 e. The summed E-state index contributed by atoms with van der Waals surface area (Å²) in [5.74, 6) is 1.65. The first-order valence-electron chi connectivity index (χ1n) is 6.31. The smallest absolute Gasteiger partial charge is 0.176 e. The highest BCUT2D eigenvalue weighted by Gasteiger charge is 2.17. The Morgan fingerprint density at radius 1 is 1.53 bits per heavy atom. The lowest BCUT2D eigenvalue weighted by molar-refractivity contribution is 0.415. The van der Waals surface area contributed by atoms with Gasteiger partial charge in [0.05, 0.1) is 14.2 Å². The van der Waals surface area contributed by atoms with Crippen molar-refractivity contribution in [3.05, 3.63) is 22.1 Å². The first-order valence-corrected chi connectivity index (χ1v) is 7.19. The Balaban J connectivity index is 2.10. The third kappa shape index (κ3) is 3.74. The first kappa shape index (κ1) is 14.0. The largest absolute Gasteiger partial charge is 0.496 e. The second kappa shape index (κ2) is 6.63. The molecule has 0 aromatic carbocycles. The summed E-state index contributed by atoms with van der Waals surface area (Å²) < 4.78 is 5.24. The van der Waals surface area contributed by atoms with Crippen molar-refractivity contribution in [2.75, 3.05) is 13.7 Å². The van der Waals surface area contributed by atoms with Crippen LogP contribution in [0, 0.1) is 0 Å². The number of tetrazole rings is 1. The molecule has 2 aromatic heterocycles. The second-order valence-corrected chi connectivity index (χ2v) is 5.24. The van der Waals surface area contributed by atoms with Crippen LogP contribution in [0.5, 0.6) is 5.75 Å². The fourth-order valence-corrected chi connectivity index (χ4v) is 2.74. The number of hydrogen-bond donors (Lipinski definition) is 1. The van der Waals surface area contributed by atoms with Crippen LogP contribution in [-0.4, -0.2) is 33.9 Å². The van der Waals surface area contributed by atoms with Gasteiger partial charge in [-0.15, -0.1) is 21.5 Å². The number of rotatable bonds is 7. The Kier molecular flexibility index (Phi) is 4.86. The minimum atomic E-state index is 0.207. The van der Waals surface area contributed by atoms with Gasteiger partial charge >= 0.3 is 0 Å². The molecular weight excluding hydrogens is 262 g/mol. The normalized spacial score (nSPS) is 12.6. The van der Waals surface area contributed by atoms with Crippen molar-refractivity contribution in [2.24, 2.45) is 7.05 Å². The predicted molar refractivity (Wildman–Crippen MR) is 74.4 cm³/mol. The zero-order chi connectivity index (χ0) is 13.7. The fraction of sp³-hybridized carbons (Fsp3) is 0.583. The van der Waals surface area contributed by atoms with Crippen molar-refractivity contribution in [3.63, 3.8) is 0 Å². The van der Waals surface area contributed by atoms with Crippen molar-refractivity contribution in [1.29, 1.82) is 0 Å². The molecule has 1 unspecified atom stereocenters. The molecule has 0 aliphatic rings. The Hall–Kier alpha value is -1.47. The van der Waals surface area contributed by atoms with Crippen LogP contribution in [0.2, 0.25) is 0 Å². The van der Waals surface area contributed by atoms with E-state index in [4.69, 9.17) is 4.74 Å². The Labute approximate surface area is 116 Å². The Bertz CT molecular complexity index is 510. The van der Waals surface area contributed by atoms with Gasteiger partial charge in [0.2, 0.25) is 0 Å². The molecule has 0 fully saturated rings. The number of ether oxygens (including phenoxy) is 1. The first-order chi connectivity index (χ1) is 9.22. The summed E-state index contributed by atoms with van der Waals surface area (Å²) in [6, 6.07) is 2.27. The van der Waals surface area contributed by atoms with Crippen molar-refractivity contribution >= 4 is 11.3 Å². The summed E-state index contributed by atoms with van der Waals surface area (Å²) in [4.78, 5) is 2.72. The molecule has 0 radical (unpaired) electrons. The summed E-state index contributed by atoms with van der Waals surface area (Å²) in [6.07, 6.45) is 1.82. The highest BCUT2D eigenvalue weighted by atomic mass is 32.1. The summed E-state index contributed by atoms with van der Waals surface area (Å²) in [5.41, 5.74) is 0. The van der Waals surface area contributed by atoms with Gasteiger partial charge in [-0.1, -0.05) is 6.92 Å². The Morgan fingerprint density at radius 3 is 2.95 bits per heavy atom. The van der Waals surface area contributed by atoms with Gasteiger partial charge in [0.15, 0.2) is 5.82 Å². The quantitative estimate of drug-likeness (QED) is 0.834. The molecule has 2 rings (SSSR count). The van der Waals surface area contributed by atoms with E-state index in [-0.39, 0.29) is 6.04 Å². The molecule has 0 aliphatic heterocycles. The molecule has 0 saturated carbocycles. The number of hydrogen-bond acceptors (Lipinski definition) is 6. The van der Waals surface area contributed by atoms with E-state index in [0.29, 0.717) is 0 Å². The van der Waals surface area contributed by atoms with Crippen LogP contribution < -0.4 is 10.1 Å². The molecule has 0 amide bonds. The van der Waals surface area contributed by atoms with E-state index in [2.05, 4.69) is 33.7 Å².